The van der Waals surface area contributed by atoms with Crippen LogP contribution in [-0.4, -0.2) is 36.1 Å². The Morgan fingerprint density at radius 1 is 1.37 bits per heavy atom. The molecule has 19 heavy (non-hydrogen) atoms. The van der Waals surface area contributed by atoms with Gasteiger partial charge in [-0.1, -0.05) is 24.3 Å². The summed E-state index contributed by atoms with van der Waals surface area (Å²) in [6, 6.07) is 6.35. The zero-order chi connectivity index (χ0) is 14.2. The standard InChI is InChI=1S/C11H11F2NO4S/c12-11(13)19(17,18)14-5-7-3-1-2-4-8(7)9(6-14)10(15)16/h1-4,9,11H,5-6H2,(H,15,16). The molecule has 0 aromatic heterocycles. The maximum atomic E-state index is 12.5. The van der Waals surface area contributed by atoms with Crippen molar-refractivity contribution < 1.29 is 27.1 Å². The van der Waals surface area contributed by atoms with Crippen LogP contribution >= 0.6 is 0 Å². The highest BCUT2D eigenvalue weighted by Gasteiger charge is 2.39. The van der Waals surface area contributed by atoms with Gasteiger partial charge in [0.2, 0.25) is 0 Å². The molecular formula is C11H11F2NO4S. The predicted molar refractivity (Wildman–Crippen MR) is 62.2 cm³/mol. The van der Waals surface area contributed by atoms with Crippen molar-refractivity contribution in [2.24, 2.45) is 0 Å². The lowest BCUT2D eigenvalue weighted by Crippen LogP contribution is -2.42. The molecule has 0 fully saturated rings. The third kappa shape index (κ3) is 2.45. The van der Waals surface area contributed by atoms with Gasteiger partial charge < -0.3 is 5.11 Å². The van der Waals surface area contributed by atoms with Crippen molar-refractivity contribution in [3.05, 3.63) is 35.4 Å². The van der Waals surface area contributed by atoms with E-state index in [0.29, 0.717) is 15.4 Å². The highest BCUT2D eigenvalue weighted by molar-refractivity contribution is 7.89. The van der Waals surface area contributed by atoms with Gasteiger partial charge in [-0.3, -0.25) is 4.79 Å². The van der Waals surface area contributed by atoms with Gasteiger partial charge in [0, 0.05) is 13.1 Å². The number of carboxylic acids is 1. The summed E-state index contributed by atoms with van der Waals surface area (Å²) in [5.41, 5.74) is 0.904. The Hall–Kier alpha value is -1.54. The number of rotatable bonds is 3. The maximum absolute atomic E-state index is 12.5. The number of nitrogens with zero attached hydrogens (tertiary/aromatic N) is 1. The fraction of sp³-hybridized carbons (Fsp3) is 0.364. The van der Waals surface area contributed by atoms with Gasteiger partial charge in [0.1, 0.15) is 0 Å². The molecule has 2 rings (SSSR count). The van der Waals surface area contributed by atoms with Crippen LogP contribution in [0, 0.1) is 0 Å². The summed E-state index contributed by atoms with van der Waals surface area (Å²) in [6.07, 6.45) is 0. The Bertz CT molecular complexity index is 602. The summed E-state index contributed by atoms with van der Waals surface area (Å²) in [5.74, 6) is -5.91. The van der Waals surface area contributed by atoms with Crippen molar-refractivity contribution in [3.8, 4) is 0 Å². The van der Waals surface area contributed by atoms with Crippen LogP contribution in [0.15, 0.2) is 24.3 Å². The molecule has 0 spiro atoms. The summed E-state index contributed by atoms with van der Waals surface area (Å²) in [6.45, 7) is -0.703. The Kier molecular flexibility index (Phi) is 3.55. The lowest BCUT2D eigenvalue weighted by Gasteiger charge is -2.31. The van der Waals surface area contributed by atoms with E-state index in [2.05, 4.69) is 0 Å². The normalized spacial score (nSPS) is 20.3. The number of halogens is 2. The molecule has 0 radical (unpaired) electrons. The maximum Gasteiger partial charge on any atom is 0.350 e. The van der Waals surface area contributed by atoms with E-state index >= 15 is 0 Å². The Morgan fingerprint density at radius 3 is 2.58 bits per heavy atom. The molecule has 5 nitrogen and oxygen atoms in total. The first-order chi connectivity index (χ1) is 8.84. The molecule has 1 aliphatic heterocycles. The first-order valence-electron chi connectivity index (χ1n) is 5.41. The van der Waals surface area contributed by atoms with Gasteiger partial charge in [0.05, 0.1) is 5.92 Å². The van der Waals surface area contributed by atoms with E-state index in [4.69, 9.17) is 5.11 Å². The number of sulfonamides is 1. The zero-order valence-corrected chi connectivity index (χ0v) is 10.5. The minimum absolute atomic E-state index is 0.230. The lowest BCUT2D eigenvalue weighted by atomic mass is 9.91. The molecule has 0 amide bonds. The fourth-order valence-electron chi connectivity index (χ4n) is 2.09. The third-order valence-electron chi connectivity index (χ3n) is 3.05. The molecular weight excluding hydrogens is 280 g/mol. The van der Waals surface area contributed by atoms with Crippen molar-refractivity contribution in [1.82, 2.24) is 4.31 Å². The molecule has 0 saturated carbocycles. The Balaban J connectivity index is 2.44. The molecule has 1 heterocycles. The lowest BCUT2D eigenvalue weighted by molar-refractivity contribution is -0.139. The molecule has 104 valence electrons. The quantitative estimate of drug-likeness (QED) is 0.908. The second-order valence-electron chi connectivity index (χ2n) is 4.19. The van der Waals surface area contributed by atoms with E-state index in [1.807, 2.05) is 0 Å². The number of hydrogen-bond donors (Lipinski definition) is 1. The SMILES string of the molecule is O=C(O)C1CN(S(=O)(=O)C(F)F)Cc2ccccc21. The predicted octanol–water partition coefficient (Wildman–Crippen LogP) is 1.22. The number of aliphatic carboxylic acids is 1. The first kappa shape index (κ1) is 13.9. The van der Waals surface area contributed by atoms with Crippen LogP contribution in [0.5, 0.6) is 0 Å². The van der Waals surface area contributed by atoms with Gasteiger partial charge in [-0.2, -0.15) is 13.1 Å². The molecule has 1 atom stereocenters. The average Bonchev–Trinajstić information content (AvgIpc) is 2.36. The highest BCUT2D eigenvalue weighted by atomic mass is 32.2. The van der Waals surface area contributed by atoms with Crippen molar-refractivity contribution in [2.45, 2.75) is 18.2 Å². The number of alkyl halides is 2. The van der Waals surface area contributed by atoms with Crippen LogP contribution in [0.25, 0.3) is 0 Å². The van der Waals surface area contributed by atoms with Crippen molar-refractivity contribution in [1.29, 1.82) is 0 Å². The van der Waals surface area contributed by atoms with Gasteiger partial charge in [0.15, 0.2) is 0 Å². The van der Waals surface area contributed by atoms with Crippen molar-refractivity contribution in [3.63, 3.8) is 0 Å². The summed E-state index contributed by atoms with van der Waals surface area (Å²) in [7, 11) is -4.77. The number of carbonyl (C=O) groups is 1. The minimum Gasteiger partial charge on any atom is -0.481 e. The summed E-state index contributed by atoms with van der Waals surface area (Å²) in [4.78, 5) is 11.2. The smallest absolute Gasteiger partial charge is 0.350 e. The number of benzene rings is 1. The first-order valence-corrected chi connectivity index (χ1v) is 6.92. The Labute approximate surface area is 108 Å². The van der Waals surface area contributed by atoms with Crippen LogP contribution in [0.1, 0.15) is 17.0 Å². The van der Waals surface area contributed by atoms with Crippen molar-refractivity contribution in [2.75, 3.05) is 6.54 Å². The van der Waals surface area contributed by atoms with E-state index in [1.165, 1.54) is 0 Å². The number of hydrogen-bond acceptors (Lipinski definition) is 3. The van der Waals surface area contributed by atoms with E-state index in [-0.39, 0.29) is 6.54 Å². The van der Waals surface area contributed by atoms with Crippen LogP contribution in [0.2, 0.25) is 0 Å². The molecule has 0 saturated heterocycles. The van der Waals surface area contributed by atoms with Gasteiger partial charge >= 0.3 is 11.7 Å². The van der Waals surface area contributed by atoms with Gasteiger partial charge in [-0.15, -0.1) is 0 Å². The largest absolute Gasteiger partial charge is 0.481 e. The minimum atomic E-state index is -4.77. The van der Waals surface area contributed by atoms with Gasteiger partial charge in [0.25, 0.3) is 10.0 Å². The molecule has 1 unspecified atom stereocenters. The van der Waals surface area contributed by atoms with Crippen LogP contribution < -0.4 is 0 Å². The van der Waals surface area contributed by atoms with E-state index in [1.54, 1.807) is 24.3 Å². The number of carboxylic acid groups (broad SMARTS) is 1. The van der Waals surface area contributed by atoms with E-state index in [9.17, 15) is 22.0 Å². The molecule has 8 heteroatoms. The van der Waals surface area contributed by atoms with Crippen LogP contribution in [0.3, 0.4) is 0 Å². The molecule has 1 aliphatic rings. The molecule has 1 aromatic rings. The second-order valence-corrected chi connectivity index (χ2v) is 6.09. The second kappa shape index (κ2) is 4.86. The summed E-state index contributed by atoms with van der Waals surface area (Å²) >= 11 is 0. The topological polar surface area (TPSA) is 74.7 Å². The van der Waals surface area contributed by atoms with Gasteiger partial charge in [-0.05, 0) is 11.1 Å². The summed E-state index contributed by atoms with van der Waals surface area (Å²) < 4.78 is 48.5. The van der Waals surface area contributed by atoms with Gasteiger partial charge in [-0.25, -0.2) is 8.42 Å². The molecule has 0 bridgehead atoms. The van der Waals surface area contributed by atoms with E-state index < -0.39 is 34.2 Å². The number of fused-ring (bicyclic) bond motifs is 1. The third-order valence-corrected chi connectivity index (χ3v) is 4.49. The Morgan fingerprint density at radius 2 is 2.00 bits per heavy atom. The molecule has 0 aliphatic carbocycles. The van der Waals surface area contributed by atoms with E-state index in [0.717, 1.165) is 0 Å². The van der Waals surface area contributed by atoms with Crippen LogP contribution in [-0.2, 0) is 21.4 Å². The average molecular weight is 291 g/mol. The van der Waals surface area contributed by atoms with Crippen molar-refractivity contribution >= 4 is 16.0 Å². The monoisotopic (exact) mass is 291 g/mol. The molecule has 1 N–H and O–H groups in total. The fourth-order valence-corrected chi connectivity index (χ4v) is 2.99. The zero-order valence-electron chi connectivity index (χ0n) is 9.66. The highest BCUT2D eigenvalue weighted by Crippen LogP contribution is 2.31. The summed E-state index contributed by atoms with van der Waals surface area (Å²) in [5, 5.41) is 9.10. The molecule has 1 aromatic carbocycles. The van der Waals surface area contributed by atoms with Crippen LogP contribution in [0.4, 0.5) is 8.78 Å².